The van der Waals surface area contributed by atoms with Crippen molar-refractivity contribution in [3.63, 3.8) is 0 Å². The van der Waals surface area contributed by atoms with Crippen LogP contribution in [0.1, 0.15) is 18.3 Å². The van der Waals surface area contributed by atoms with Crippen LogP contribution in [0.15, 0.2) is 59.8 Å². The second-order valence-corrected chi connectivity index (χ2v) is 6.82. The standard InChI is InChI=1S/C20H22N4O2S/c1-3-24-18(12-15-8-5-4-6-9-15)22-23-20(24)27-14-19(25)21-16-10-7-11-17(13-16)26-2/h4-11,13H,3,12,14H2,1-2H3,(H,21,25). The normalized spacial score (nSPS) is 10.6. The van der Waals surface area contributed by atoms with Gasteiger partial charge in [-0.15, -0.1) is 10.2 Å². The number of rotatable bonds is 8. The Morgan fingerprint density at radius 1 is 1.15 bits per heavy atom. The summed E-state index contributed by atoms with van der Waals surface area (Å²) in [5.41, 5.74) is 1.90. The van der Waals surface area contributed by atoms with Crippen molar-refractivity contribution in [1.29, 1.82) is 0 Å². The predicted molar refractivity (Wildman–Crippen MR) is 107 cm³/mol. The number of carbonyl (C=O) groups is 1. The Balaban J connectivity index is 1.61. The third kappa shape index (κ3) is 5.10. The van der Waals surface area contributed by atoms with Gasteiger partial charge in [0.15, 0.2) is 5.16 Å². The van der Waals surface area contributed by atoms with Gasteiger partial charge in [-0.1, -0.05) is 48.2 Å². The van der Waals surface area contributed by atoms with Crippen LogP contribution in [-0.4, -0.2) is 33.5 Å². The Kier molecular flexibility index (Phi) is 6.49. The summed E-state index contributed by atoms with van der Waals surface area (Å²) in [5.74, 6) is 1.78. The summed E-state index contributed by atoms with van der Waals surface area (Å²) in [6.07, 6.45) is 0.720. The van der Waals surface area contributed by atoms with E-state index in [2.05, 4.69) is 39.1 Å². The molecule has 0 aliphatic heterocycles. The van der Waals surface area contributed by atoms with Gasteiger partial charge in [0.2, 0.25) is 5.91 Å². The number of hydrogen-bond acceptors (Lipinski definition) is 5. The smallest absolute Gasteiger partial charge is 0.234 e. The number of hydrogen-bond donors (Lipinski definition) is 1. The van der Waals surface area contributed by atoms with Crippen LogP contribution in [0.25, 0.3) is 0 Å². The molecule has 1 aromatic heterocycles. The lowest BCUT2D eigenvalue weighted by atomic mass is 10.1. The number of carbonyl (C=O) groups excluding carboxylic acids is 1. The number of benzene rings is 2. The van der Waals surface area contributed by atoms with Gasteiger partial charge in [0.1, 0.15) is 11.6 Å². The zero-order chi connectivity index (χ0) is 19.1. The Morgan fingerprint density at radius 3 is 2.70 bits per heavy atom. The first-order valence-corrected chi connectivity index (χ1v) is 9.71. The van der Waals surface area contributed by atoms with Gasteiger partial charge in [0, 0.05) is 24.7 Å². The van der Waals surface area contributed by atoms with E-state index in [-0.39, 0.29) is 11.7 Å². The lowest BCUT2D eigenvalue weighted by molar-refractivity contribution is -0.113. The highest BCUT2D eigenvalue weighted by molar-refractivity contribution is 7.99. The Bertz CT molecular complexity index is 896. The summed E-state index contributed by atoms with van der Waals surface area (Å²) in [6.45, 7) is 2.81. The molecule has 1 amide bonds. The van der Waals surface area contributed by atoms with E-state index in [0.29, 0.717) is 11.4 Å². The second-order valence-electron chi connectivity index (χ2n) is 5.87. The van der Waals surface area contributed by atoms with Gasteiger partial charge in [0.05, 0.1) is 12.9 Å². The zero-order valence-corrected chi connectivity index (χ0v) is 16.2. The van der Waals surface area contributed by atoms with Gasteiger partial charge < -0.3 is 14.6 Å². The molecule has 3 aromatic rings. The molecule has 0 aliphatic rings. The largest absolute Gasteiger partial charge is 0.497 e. The fourth-order valence-electron chi connectivity index (χ4n) is 2.68. The molecule has 0 bridgehead atoms. The molecule has 3 rings (SSSR count). The van der Waals surface area contributed by atoms with Crippen LogP contribution < -0.4 is 10.1 Å². The van der Waals surface area contributed by atoms with Gasteiger partial charge >= 0.3 is 0 Å². The van der Waals surface area contributed by atoms with Gasteiger partial charge in [-0.2, -0.15) is 0 Å². The van der Waals surface area contributed by atoms with Crippen LogP contribution in [0.2, 0.25) is 0 Å². The minimum absolute atomic E-state index is 0.0940. The minimum Gasteiger partial charge on any atom is -0.497 e. The highest BCUT2D eigenvalue weighted by Crippen LogP contribution is 2.20. The number of anilines is 1. The molecule has 0 radical (unpaired) electrons. The average molecular weight is 382 g/mol. The van der Waals surface area contributed by atoms with Gasteiger partial charge in [0.25, 0.3) is 0 Å². The molecule has 0 spiro atoms. The number of nitrogens with one attached hydrogen (secondary N) is 1. The van der Waals surface area contributed by atoms with E-state index in [0.717, 1.165) is 23.9 Å². The second kappa shape index (κ2) is 9.23. The van der Waals surface area contributed by atoms with E-state index in [1.165, 1.54) is 17.3 Å². The highest BCUT2D eigenvalue weighted by Gasteiger charge is 2.13. The molecule has 0 atom stereocenters. The third-order valence-corrected chi connectivity index (χ3v) is 4.97. The van der Waals surface area contributed by atoms with Crippen LogP contribution in [0.3, 0.4) is 0 Å². The van der Waals surface area contributed by atoms with Crippen molar-refractivity contribution in [2.45, 2.75) is 25.0 Å². The summed E-state index contributed by atoms with van der Waals surface area (Å²) in [5, 5.41) is 12.2. The fraction of sp³-hybridized carbons (Fsp3) is 0.250. The average Bonchev–Trinajstić information content (AvgIpc) is 3.08. The number of methoxy groups -OCH3 is 1. The topological polar surface area (TPSA) is 69.0 Å². The van der Waals surface area contributed by atoms with Crippen molar-refractivity contribution < 1.29 is 9.53 Å². The van der Waals surface area contributed by atoms with Gasteiger partial charge in [-0.25, -0.2) is 0 Å². The van der Waals surface area contributed by atoms with E-state index in [1.807, 2.05) is 36.4 Å². The van der Waals surface area contributed by atoms with Crippen LogP contribution in [0.5, 0.6) is 5.75 Å². The molecular formula is C20H22N4O2S. The third-order valence-electron chi connectivity index (χ3n) is 4.00. The molecule has 0 unspecified atom stereocenters. The fourth-order valence-corrected chi connectivity index (χ4v) is 3.50. The monoisotopic (exact) mass is 382 g/mol. The van der Waals surface area contributed by atoms with Crippen molar-refractivity contribution in [2.24, 2.45) is 0 Å². The summed E-state index contributed by atoms with van der Waals surface area (Å²) in [4.78, 5) is 12.3. The molecule has 7 heteroatoms. The number of nitrogens with zero attached hydrogens (tertiary/aromatic N) is 3. The molecule has 0 aliphatic carbocycles. The van der Waals surface area contributed by atoms with Crippen molar-refractivity contribution in [2.75, 3.05) is 18.2 Å². The molecule has 140 valence electrons. The Labute approximate surface area is 163 Å². The first-order valence-electron chi connectivity index (χ1n) is 8.72. The van der Waals surface area contributed by atoms with E-state index in [1.54, 1.807) is 13.2 Å². The van der Waals surface area contributed by atoms with Crippen molar-refractivity contribution in [3.8, 4) is 5.75 Å². The Morgan fingerprint density at radius 2 is 1.96 bits per heavy atom. The van der Waals surface area contributed by atoms with Crippen LogP contribution in [0.4, 0.5) is 5.69 Å². The maximum atomic E-state index is 12.3. The van der Waals surface area contributed by atoms with Gasteiger partial charge in [-0.05, 0) is 24.6 Å². The lowest BCUT2D eigenvalue weighted by Gasteiger charge is -2.08. The van der Waals surface area contributed by atoms with E-state index >= 15 is 0 Å². The summed E-state index contributed by atoms with van der Waals surface area (Å²) in [7, 11) is 1.60. The van der Waals surface area contributed by atoms with E-state index in [4.69, 9.17) is 4.74 Å². The van der Waals surface area contributed by atoms with Crippen molar-refractivity contribution in [1.82, 2.24) is 14.8 Å². The molecule has 0 saturated heterocycles. The Hall–Kier alpha value is -2.80. The summed E-state index contributed by atoms with van der Waals surface area (Å²) in [6, 6.07) is 17.5. The van der Waals surface area contributed by atoms with Crippen LogP contribution in [-0.2, 0) is 17.8 Å². The van der Waals surface area contributed by atoms with Crippen molar-refractivity contribution >= 4 is 23.4 Å². The molecule has 6 nitrogen and oxygen atoms in total. The molecule has 27 heavy (non-hydrogen) atoms. The molecule has 1 N–H and O–H groups in total. The highest BCUT2D eigenvalue weighted by atomic mass is 32.2. The summed E-state index contributed by atoms with van der Waals surface area (Å²) < 4.78 is 7.22. The molecule has 2 aromatic carbocycles. The maximum Gasteiger partial charge on any atom is 0.234 e. The van der Waals surface area contributed by atoms with Crippen LogP contribution >= 0.6 is 11.8 Å². The van der Waals surface area contributed by atoms with E-state index < -0.39 is 0 Å². The van der Waals surface area contributed by atoms with Crippen LogP contribution in [0, 0.1) is 0 Å². The summed E-state index contributed by atoms with van der Waals surface area (Å²) >= 11 is 1.39. The van der Waals surface area contributed by atoms with Crippen molar-refractivity contribution in [3.05, 3.63) is 66.0 Å². The SMILES string of the molecule is CCn1c(Cc2ccccc2)nnc1SCC(=O)Nc1cccc(OC)c1. The number of ether oxygens (including phenoxy) is 1. The first kappa shape index (κ1) is 19.0. The van der Waals surface area contributed by atoms with E-state index in [9.17, 15) is 4.79 Å². The molecule has 0 fully saturated rings. The lowest BCUT2D eigenvalue weighted by Crippen LogP contribution is -2.14. The first-order chi connectivity index (χ1) is 13.2. The molecule has 1 heterocycles. The van der Waals surface area contributed by atoms with Gasteiger partial charge in [-0.3, -0.25) is 4.79 Å². The minimum atomic E-state index is -0.0940. The quantitative estimate of drug-likeness (QED) is 0.603. The number of amides is 1. The number of thioether (sulfide) groups is 1. The zero-order valence-electron chi connectivity index (χ0n) is 15.4. The molecule has 0 saturated carbocycles. The predicted octanol–water partition coefficient (Wildman–Crippen LogP) is 3.63. The number of aromatic nitrogens is 3. The maximum absolute atomic E-state index is 12.3. The molecular weight excluding hydrogens is 360 g/mol.